The summed E-state index contributed by atoms with van der Waals surface area (Å²) < 4.78 is 0. The maximum Gasteiger partial charge on any atom is 0.0631 e. The molecule has 0 bridgehead atoms. The fourth-order valence-corrected chi connectivity index (χ4v) is 10.2. The van der Waals surface area contributed by atoms with E-state index in [4.69, 9.17) is 5.73 Å². The lowest BCUT2D eigenvalue weighted by molar-refractivity contribution is 0.658. The van der Waals surface area contributed by atoms with Crippen LogP contribution < -0.4 is 16.8 Å². The van der Waals surface area contributed by atoms with E-state index in [-0.39, 0.29) is 11.5 Å². The fourth-order valence-electron chi connectivity index (χ4n) is 10.2. The molecule has 10 aromatic carbocycles. The minimum atomic E-state index is -0.169. The molecule has 12 rings (SSSR count). The topological polar surface area (TPSA) is 64.1 Å². The van der Waals surface area contributed by atoms with Gasteiger partial charge in [-0.2, -0.15) is 0 Å². The van der Waals surface area contributed by atoms with E-state index in [0.717, 1.165) is 17.7 Å². The van der Waals surface area contributed by atoms with Crippen molar-refractivity contribution in [2.45, 2.75) is 73.8 Å². The van der Waals surface area contributed by atoms with Gasteiger partial charge in [-0.3, -0.25) is 0 Å². The number of rotatable bonds is 4. The summed E-state index contributed by atoms with van der Waals surface area (Å²) in [6.07, 6.45) is 4.53. The summed E-state index contributed by atoms with van der Waals surface area (Å²) in [5.41, 5.74) is 27.4. The van der Waals surface area contributed by atoms with Gasteiger partial charge in [0, 0.05) is 28.8 Å². The van der Waals surface area contributed by atoms with Crippen LogP contribution in [0.25, 0.3) is 82.5 Å². The number of benzene rings is 9. The van der Waals surface area contributed by atoms with E-state index in [9.17, 15) is 0 Å². The van der Waals surface area contributed by atoms with Crippen molar-refractivity contribution < 1.29 is 0 Å². The lowest BCUT2D eigenvalue weighted by Gasteiger charge is -2.24. The van der Waals surface area contributed by atoms with Crippen LogP contribution >= 0.6 is 0 Å². The lowest BCUT2D eigenvalue weighted by Crippen LogP contribution is -2.17. The van der Waals surface area contributed by atoms with Crippen molar-refractivity contribution in [1.29, 1.82) is 0 Å². The maximum absolute atomic E-state index is 6.45. The van der Waals surface area contributed by atoms with Crippen LogP contribution in [0, 0.1) is 19.1 Å². The van der Waals surface area contributed by atoms with Gasteiger partial charge in [-0.25, -0.2) is 0 Å². The number of hydrogen-bond donors (Lipinski definition) is 3. The zero-order chi connectivity index (χ0) is 50.0. The van der Waals surface area contributed by atoms with E-state index in [1.54, 1.807) is 0 Å². The van der Waals surface area contributed by atoms with Crippen molar-refractivity contribution in [2.24, 2.45) is 11.5 Å². The van der Waals surface area contributed by atoms with Crippen molar-refractivity contribution in [3.63, 3.8) is 0 Å². The SMILES string of the molecule is CC.CC.CC.CC1(C)c2ccccc2-c2ccc(C(N)c3c#cccc3)cc21.CN.Cc1c(-c2cccc3c2ccc2ccccc23)cc(-c2cccc3c2ccc2ccccc23)c2c1NCC=C2. The van der Waals surface area contributed by atoms with Crippen LogP contribution in [0.5, 0.6) is 0 Å². The van der Waals surface area contributed by atoms with Crippen molar-refractivity contribution in [2.75, 3.05) is 18.9 Å². The zero-order valence-electron chi connectivity index (χ0n) is 42.8. The first-order chi connectivity index (χ1) is 34.4. The summed E-state index contributed by atoms with van der Waals surface area (Å²) in [5.74, 6) is 0. The average Bonchev–Trinajstić information content (AvgIpc) is 3.68. The molecule has 0 spiro atoms. The van der Waals surface area contributed by atoms with E-state index in [2.05, 4.69) is 214 Å². The van der Waals surface area contributed by atoms with Gasteiger partial charge in [0.25, 0.3) is 0 Å². The Morgan fingerprint density at radius 1 is 0.500 bits per heavy atom. The largest absolute Gasteiger partial charge is 0.381 e. The van der Waals surface area contributed by atoms with Gasteiger partial charge < -0.3 is 16.8 Å². The second-order valence-electron chi connectivity index (χ2n) is 17.2. The Hall–Kier alpha value is -7.48. The third-order valence-corrected chi connectivity index (χ3v) is 13.4. The summed E-state index contributed by atoms with van der Waals surface area (Å²) in [6, 6.07) is 69.4. The highest BCUT2D eigenvalue weighted by atomic mass is 14.9. The van der Waals surface area contributed by atoms with Gasteiger partial charge in [-0.1, -0.05) is 237 Å². The second-order valence-corrected chi connectivity index (χ2v) is 17.2. The van der Waals surface area contributed by atoms with Crippen LogP contribution in [-0.2, 0) is 5.41 Å². The van der Waals surface area contributed by atoms with E-state index in [1.165, 1.54) is 111 Å². The number of nitrogens with two attached hydrogens (primary N) is 2. The summed E-state index contributed by atoms with van der Waals surface area (Å²) in [5, 5.41) is 14.0. The third-order valence-electron chi connectivity index (χ3n) is 13.4. The van der Waals surface area contributed by atoms with Gasteiger partial charge in [0.15, 0.2) is 0 Å². The molecule has 2 aliphatic rings. The number of hydrogen-bond acceptors (Lipinski definition) is 3. The van der Waals surface area contributed by atoms with Crippen molar-refractivity contribution in [1.82, 2.24) is 0 Å². The van der Waals surface area contributed by atoms with Crippen molar-refractivity contribution in [3.05, 3.63) is 228 Å². The zero-order valence-corrected chi connectivity index (χ0v) is 42.8. The Kier molecular flexibility index (Phi) is 16.4. The molecule has 5 N–H and O–H groups in total. The van der Waals surface area contributed by atoms with Gasteiger partial charge in [0.1, 0.15) is 0 Å². The van der Waals surface area contributed by atoms with Crippen LogP contribution in [0.1, 0.15) is 94.8 Å². The van der Waals surface area contributed by atoms with Gasteiger partial charge >= 0.3 is 0 Å². The Balaban J connectivity index is 0.000000199. The minimum absolute atomic E-state index is 0.00812. The van der Waals surface area contributed by atoms with Crippen LogP contribution in [0.4, 0.5) is 5.69 Å². The predicted octanol–water partition coefficient (Wildman–Crippen LogP) is 17.7. The molecule has 0 radical (unpaired) electrons. The second kappa shape index (κ2) is 22.8. The molecular formula is C67H69N3. The molecule has 0 aromatic heterocycles. The number of fused-ring (bicyclic) bond motifs is 10. The van der Waals surface area contributed by atoms with Gasteiger partial charge in [0.2, 0.25) is 0 Å². The molecule has 1 unspecified atom stereocenters. The van der Waals surface area contributed by atoms with E-state index >= 15 is 0 Å². The standard InChI is InChI=1S/C38H27N.C22H19N.3C2H6.CH5N/c1-24-36(31-15-6-13-29-27-11-4-2-9-25(27)18-20-33(29)31)23-37(35-17-8-22-39-38(24)35)32-16-7-14-30-28-12-5-3-10-26(28)19-21-34(30)32;1-22(2)19-11-7-6-10-17(19)18-13-12-16(14-20(18)22)21(23)15-8-4-3-5-9-15;4*1-2/h2-21,23,39H,22H2,1H3;3-4,6-8,10-14,21H,23H2,1-2H3;3*1-2H3;2H2,1H3. The molecule has 3 heteroatoms. The highest BCUT2D eigenvalue weighted by molar-refractivity contribution is 6.15. The molecule has 352 valence electrons. The maximum atomic E-state index is 6.45. The molecule has 3 nitrogen and oxygen atoms in total. The Morgan fingerprint density at radius 2 is 1.04 bits per heavy atom. The summed E-state index contributed by atoms with van der Waals surface area (Å²) in [6.45, 7) is 19.7. The number of anilines is 1. The quantitative estimate of drug-likeness (QED) is 0.154. The normalized spacial score (nSPS) is 12.5. The van der Waals surface area contributed by atoms with Gasteiger partial charge in [-0.15, -0.1) is 0 Å². The minimum Gasteiger partial charge on any atom is -0.381 e. The van der Waals surface area contributed by atoms with Crippen LogP contribution in [0.15, 0.2) is 182 Å². The molecule has 0 saturated carbocycles. The lowest BCUT2D eigenvalue weighted by atomic mass is 9.81. The van der Waals surface area contributed by atoms with Gasteiger partial charge in [-0.05, 0) is 131 Å². The first-order valence-corrected chi connectivity index (χ1v) is 25.2. The third kappa shape index (κ3) is 9.34. The summed E-state index contributed by atoms with van der Waals surface area (Å²) >= 11 is 0. The van der Waals surface area contributed by atoms with Crippen LogP contribution in [-0.4, -0.2) is 13.6 Å². The van der Waals surface area contributed by atoms with Gasteiger partial charge in [0.05, 0.1) is 6.04 Å². The highest BCUT2D eigenvalue weighted by Gasteiger charge is 2.35. The van der Waals surface area contributed by atoms with Crippen molar-refractivity contribution >= 4 is 54.9 Å². The van der Waals surface area contributed by atoms with Crippen LogP contribution in [0.2, 0.25) is 0 Å². The molecule has 0 amide bonds. The molecule has 0 saturated heterocycles. The molecule has 1 aliphatic carbocycles. The smallest absolute Gasteiger partial charge is 0.0631 e. The summed E-state index contributed by atoms with van der Waals surface area (Å²) in [4.78, 5) is 0. The Labute approximate surface area is 417 Å². The predicted molar refractivity (Wildman–Crippen MR) is 308 cm³/mol. The van der Waals surface area contributed by atoms with Crippen molar-refractivity contribution in [3.8, 4) is 33.4 Å². The monoisotopic (exact) mass is 916 g/mol. The average molecular weight is 916 g/mol. The highest BCUT2D eigenvalue weighted by Crippen LogP contribution is 2.49. The fraction of sp³-hybridized carbons (Fsp3) is 0.194. The molecule has 1 atom stereocenters. The molecule has 0 fully saturated rings. The molecule has 10 aromatic rings. The molecule has 1 aliphatic heterocycles. The molecule has 1 heterocycles. The van der Waals surface area contributed by atoms with E-state index in [1.807, 2.05) is 59.7 Å². The molecule has 70 heavy (non-hydrogen) atoms. The van der Waals surface area contributed by atoms with E-state index < -0.39 is 0 Å². The molecular weight excluding hydrogens is 847 g/mol. The van der Waals surface area contributed by atoms with E-state index in [0.29, 0.717) is 0 Å². The Morgan fingerprint density at radius 3 is 1.66 bits per heavy atom. The van der Waals surface area contributed by atoms with Crippen LogP contribution in [0.3, 0.4) is 0 Å². The Bertz CT molecular complexity index is 3410. The first kappa shape index (κ1) is 50.4. The number of nitrogens with one attached hydrogen (secondary N) is 1. The summed E-state index contributed by atoms with van der Waals surface area (Å²) in [7, 11) is 1.50. The first-order valence-electron chi connectivity index (χ1n) is 25.2.